The number of nitrogens with zero attached hydrogens (tertiary/aromatic N) is 3. The first-order valence-electron chi connectivity index (χ1n) is 7.68. The molecule has 0 unspecified atom stereocenters. The van der Waals surface area contributed by atoms with Crippen molar-refractivity contribution in [3.8, 4) is 5.75 Å². The number of allylic oxidation sites excluding steroid dienone is 1. The Morgan fingerprint density at radius 1 is 1.12 bits per heavy atom. The maximum atomic E-state index is 13.3. The largest absolute Gasteiger partial charge is 0.497 e. The summed E-state index contributed by atoms with van der Waals surface area (Å²) in [5.74, 6) is 1.42. The third-order valence-electron chi connectivity index (χ3n) is 4.06. The van der Waals surface area contributed by atoms with E-state index >= 15 is 0 Å². The van der Waals surface area contributed by atoms with Crippen LogP contribution in [0.5, 0.6) is 5.75 Å². The van der Waals surface area contributed by atoms with Gasteiger partial charge in [0.05, 0.1) is 25.0 Å². The molecule has 2 aliphatic rings. The van der Waals surface area contributed by atoms with E-state index in [1.807, 2.05) is 35.4 Å². The number of hydrazine groups is 1. The zero-order chi connectivity index (χ0) is 16.5. The van der Waals surface area contributed by atoms with Gasteiger partial charge in [0.2, 0.25) is 0 Å². The third kappa shape index (κ3) is 2.44. The van der Waals surface area contributed by atoms with Crippen molar-refractivity contribution < 1.29 is 9.13 Å². The number of halogens is 1. The van der Waals surface area contributed by atoms with Gasteiger partial charge < -0.3 is 4.74 Å². The van der Waals surface area contributed by atoms with Crippen molar-refractivity contribution in [2.75, 3.05) is 18.7 Å². The lowest BCUT2D eigenvalue weighted by atomic mass is 10.1. The molecule has 0 N–H and O–H groups in total. The average Bonchev–Trinajstić information content (AvgIpc) is 3.07. The fourth-order valence-corrected chi connectivity index (χ4v) is 2.91. The first-order valence-corrected chi connectivity index (χ1v) is 7.68. The van der Waals surface area contributed by atoms with Crippen LogP contribution in [0.1, 0.15) is 5.56 Å². The maximum Gasteiger partial charge on any atom is 0.149 e. The summed E-state index contributed by atoms with van der Waals surface area (Å²) in [6, 6.07) is 14.4. The Labute approximate surface area is 139 Å². The number of hydrogen-bond acceptors (Lipinski definition) is 4. The van der Waals surface area contributed by atoms with E-state index in [4.69, 9.17) is 4.74 Å². The van der Waals surface area contributed by atoms with Crippen molar-refractivity contribution >= 4 is 17.6 Å². The van der Waals surface area contributed by atoms with Crippen molar-refractivity contribution in [1.29, 1.82) is 0 Å². The van der Waals surface area contributed by atoms with Gasteiger partial charge in [-0.15, -0.1) is 0 Å². The molecular weight excluding hydrogens is 305 g/mol. The molecule has 0 saturated carbocycles. The monoisotopic (exact) mass is 321 g/mol. The first kappa shape index (κ1) is 14.5. The minimum atomic E-state index is -0.245. The number of benzene rings is 2. The van der Waals surface area contributed by atoms with Gasteiger partial charge in [-0.3, -0.25) is 5.01 Å². The summed E-state index contributed by atoms with van der Waals surface area (Å²) in [7, 11) is 1.65. The predicted molar refractivity (Wildman–Crippen MR) is 93.1 cm³/mol. The fraction of sp³-hybridized carbons (Fsp3) is 0.105. The first-order chi connectivity index (χ1) is 11.8. The van der Waals surface area contributed by atoms with Crippen LogP contribution in [0.15, 0.2) is 71.5 Å². The normalized spacial score (nSPS) is 15.9. The van der Waals surface area contributed by atoms with Crippen LogP contribution in [-0.2, 0) is 0 Å². The summed E-state index contributed by atoms with van der Waals surface area (Å²) >= 11 is 0. The summed E-state index contributed by atoms with van der Waals surface area (Å²) in [5.41, 5.74) is 2.89. The van der Waals surface area contributed by atoms with Gasteiger partial charge in [0, 0.05) is 17.8 Å². The molecular formula is C19H16FN3O. The van der Waals surface area contributed by atoms with Gasteiger partial charge in [0.1, 0.15) is 17.4 Å². The molecule has 2 heterocycles. The number of methoxy groups -OCH3 is 1. The van der Waals surface area contributed by atoms with Crippen molar-refractivity contribution in [1.82, 2.24) is 5.01 Å². The van der Waals surface area contributed by atoms with Crippen molar-refractivity contribution in [2.45, 2.75) is 0 Å². The lowest BCUT2D eigenvalue weighted by Crippen LogP contribution is -2.37. The minimum absolute atomic E-state index is 0.245. The van der Waals surface area contributed by atoms with E-state index in [1.165, 1.54) is 12.1 Å². The van der Waals surface area contributed by atoms with Crippen LogP contribution in [0.3, 0.4) is 0 Å². The average molecular weight is 321 g/mol. The topological polar surface area (TPSA) is 28.1 Å². The van der Waals surface area contributed by atoms with Crippen LogP contribution in [0.25, 0.3) is 5.70 Å². The number of ether oxygens (including phenoxy) is 1. The van der Waals surface area contributed by atoms with Crippen molar-refractivity contribution in [3.63, 3.8) is 0 Å². The van der Waals surface area contributed by atoms with E-state index in [9.17, 15) is 4.39 Å². The second-order valence-electron chi connectivity index (χ2n) is 5.49. The van der Waals surface area contributed by atoms with Gasteiger partial charge in [-0.25, -0.2) is 14.4 Å². The number of aliphatic imine (C=N–C) groups is 1. The maximum absolute atomic E-state index is 13.3. The Kier molecular flexibility index (Phi) is 3.54. The quantitative estimate of drug-likeness (QED) is 0.860. The highest BCUT2D eigenvalue weighted by Gasteiger charge is 2.29. The minimum Gasteiger partial charge on any atom is -0.497 e. The number of rotatable bonds is 3. The zero-order valence-electron chi connectivity index (χ0n) is 13.2. The highest BCUT2D eigenvalue weighted by atomic mass is 19.1. The lowest BCUT2D eigenvalue weighted by molar-refractivity contribution is 0.413. The molecule has 0 atom stereocenters. The van der Waals surface area contributed by atoms with Crippen LogP contribution < -0.4 is 9.75 Å². The fourth-order valence-electron chi connectivity index (χ4n) is 2.91. The van der Waals surface area contributed by atoms with Gasteiger partial charge in [-0.05, 0) is 48.6 Å². The Morgan fingerprint density at radius 3 is 2.75 bits per heavy atom. The molecule has 0 saturated heterocycles. The van der Waals surface area contributed by atoms with Crippen LogP contribution in [0.2, 0.25) is 0 Å². The number of hydrogen-bond donors (Lipinski definition) is 0. The van der Waals surface area contributed by atoms with Crippen LogP contribution in [0, 0.1) is 5.82 Å². The van der Waals surface area contributed by atoms with Crippen LogP contribution >= 0.6 is 0 Å². The van der Waals surface area contributed by atoms with E-state index in [1.54, 1.807) is 25.5 Å². The van der Waals surface area contributed by atoms with Gasteiger partial charge in [-0.2, -0.15) is 0 Å². The Hall–Kier alpha value is -3.08. The molecule has 120 valence electrons. The second kappa shape index (κ2) is 5.85. The van der Waals surface area contributed by atoms with Gasteiger partial charge in [0.25, 0.3) is 0 Å². The lowest BCUT2D eigenvalue weighted by Gasteiger charge is -2.35. The molecule has 0 fully saturated rings. The van der Waals surface area contributed by atoms with E-state index in [-0.39, 0.29) is 5.82 Å². The summed E-state index contributed by atoms with van der Waals surface area (Å²) in [5, 5.41) is 4.16. The molecule has 0 aromatic heterocycles. The summed E-state index contributed by atoms with van der Waals surface area (Å²) in [6.07, 6.45) is 5.77. The molecule has 0 spiro atoms. The molecule has 2 aliphatic heterocycles. The standard InChI is InChI=1S/C19H16FN3O/c1-24-17-4-2-3-16(13-17)22-12-10-19-21-11-9-18(23(19)22)14-5-7-15(20)8-6-14/h2-11,13H,12H2,1H3. The van der Waals surface area contributed by atoms with Crippen LogP contribution in [-0.4, -0.2) is 24.9 Å². The van der Waals surface area contributed by atoms with Gasteiger partial charge in [0.15, 0.2) is 0 Å². The molecule has 2 aromatic rings. The highest BCUT2D eigenvalue weighted by Crippen LogP contribution is 2.36. The molecule has 0 radical (unpaired) electrons. The predicted octanol–water partition coefficient (Wildman–Crippen LogP) is 3.84. The van der Waals surface area contributed by atoms with Gasteiger partial charge in [-0.1, -0.05) is 6.07 Å². The zero-order valence-corrected chi connectivity index (χ0v) is 13.2. The van der Waals surface area contributed by atoms with Gasteiger partial charge >= 0.3 is 0 Å². The summed E-state index contributed by atoms with van der Waals surface area (Å²) in [6.45, 7) is 0.707. The van der Waals surface area contributed by atoms with E-state index in [2.05, 4.69) is 16.1 Å². The molecule has 5 heteroatoms. The Bertz CT molecular complexity index is 855. The molecule has 0 bridgehead atoms. The molecule has 0 amide bonds. The SMILES string of the molecule is COc1cccc(N2CC=C3N=CC=C(c4ccc(F)cc4)N32)c1. The highest BCUT2D eigenvalue weighted by molar-refractivity contribution is 5.88. The van der Waals surface area contributed by atoms with E-state index in [0.29, 0.717) is 6.54 Å². The second-order valence-corrected chi connectivity index (χ2v) is 5.49. The summed E-state index contributed by atoms with van der Waals surface area (Å²) in [4.78, 5) is 4.44. The molecule has 24 heavy (non-hydrogen) atoms. The molecule has 4 rings (SSSR count). The van der Waals surface area contributed by atoms with Crippen LogP contribution in [0.4, 0.5) is 10.1 Å². The van der Waals surface area contributed by atoms with E-state index in [0.717, 1.165) is 28.5 Å². The Morgan fingerprint density at radius 2 is 1.96 bits per heavy atom. The number of anilines is 1. The Balaban J connectivity index is 1.73. The summed E-state index contributed by atoms with van der Waals surface area (Å²) < 4.78 is 18.6. The smallest absolute Gasteiger partial charge is 0.149 e. The third-order valence-corrected chi connectivity index (χ3v) is 4.06. The molecule has 2 aromatic carbocycles. The van der Waals surface area contributed by atoms with Crippen molar-refractivity contribution in [2.24, 2.45) is 4.99 Å². The van der Waals surface area contributed by atoms with E-state index < -0.39 is 0 Å². The molecule has 0 aliphatic carbocycles. The van der Waals surface area contributed by atoms with Crippen molar-refractivity contribution in [3.05, 3.63) is 77.9 Å². The number of fused-ring (bicyclic) bond motifs is 1. The molecule has 4 nitrogen and oxygen atoms in total.